The van der Waals surface area contributed by atoms with Gasteiger partial charge in [-0.2, -0.15) is 0 Å². The SMILES string of the molecule is CCCCC(NC1CC(C)C1)c1ccc(F)cc1. The molecule has 100 valence electrons. The van der Waals surface area contributed by atoms with Gasteiger partial charge in [0.2, 0.25) is 0 Å². The highest BCUT2D eigenvalue weighted by Crippen LogP contribution is 2.30. The Morgan fingerprint density at radius 3 is 2.50 bits per heavy atom. The molecule has 2 rings (SSSR count). The van der Waals surface area contributed by atoms with E-state index in [9.17, 15) is 4.39 Å². The minimum absolute atomic E-state index is 0.148. The van der Waals surface area contributed by atoms with Gasteiger partial charge in [-0.15, -0.1) is 0 Å². The van der Waals surface area contributed by atoms with E-state index in [4.69, 9.17) is 0 Å². The molecule has 1 aromatic rings. The van der Waals surface area contributed by atoms with Gasteiger partial charge in [0.05, 0.1) is 0 Å². The fourth-order valence-electron chi connectivity index (χ4n) is 2.77. The van der Waals surface area contributed by atoms with Gasteiger partial charge >= 0.3 is 0 Å². The summed E-state index contributed by atoms with van der Waals surface area (Å²) in [5, 5.41) is 3.73. The van der Waals surface area contributed by atoms with Crippen LogP contribution in [0.3, 0.4) is 0 Å². The lowest BCUT2D eigenvalue weighted by molar-refractivity contribution is 0.217. The summed E-state index contributed by atoms with van der Waals surface area (Å²) in [6, 6.07) is 8.03. The largest absolute Gasteiger partial charge is 0.307 e. The first-order valence-electron chi connectivity index (χ1n) is 7.20. The molecule has 1 saturated carbocycles. The van der Waals surface area contributed by atoms with E-state index in [1.807, 2.05) is 12.1 Å². The van der Waals surface area contributed by atoms with Gasteiger partial charge in [0.25, 0.3) is 0 Å². The van der Waals surface area contributed by atoms with E-state index in [1.165, 1.54) is 31.2 Å². The van der Waals surface area contributed by atoms with Crippen LogP contribution in [-0.4, -0.2) is 6.04 Å². The summed E-state index contributed by atoms with van der Waals surface area (Å²) in [4.78, 5) is 0. The van der Waals surface area contributed by atoms with E-state index < -0.39 is 0 Å². The van der Waals surface area contributed by atoms with Gasteiger partial charge < -0.3 is 5.32 Å². The van der Waals surface area contributed by atoms with Gasteiger partial charge in [-0.1, -0.05) is 38.8 Å². The molecule has 18 heavy (non-hydrogen) atoms. The average molecular weight is 249 g/mol. The number of nitrogens with one attached hydrogen (secondary N) is 1. The first kappa shape index (κ1) is 13.5. The third kappa shape index (κ3) is 3.55. The Balaban J connectivity index is 1.97. The maximum Gasteiger partial charge on any atom is 0.123 e. The highest BCUT2D eigenvalue weighted by molar-refractivity contribution is 5.20. The maximum absolute atomic E-state index is 13.0. The van der Waals surface area contributed by atoms with Gasteiger partial charge in [-0.25, -0.2) is 4.39 Å². The van der Waals surface area contributed by atoms with Gasteiger partial charge in [0, 0.05) is 12.1 Å². The lowest BCUT2D eigenvalue weighted by Gasteiger charge is -2.37. The molecule has 0 heterocycles. The van der Waals surface area contributed by atoms with E-state index in [-0.39, 0.29) is 5.82 Å². The average Bonchev–Trinajstić information content (AvgIpc) is 2.33. The lowest BCUT2D eigenvalue weighted by Crippen LogP contribution is -2.42. The highest BCUT2D eigenvalue weighted by Gasteiger charge is 2.27. The molecule has 1 nitrogen and oxygen atoms in total. The molecule has 1 atom stereocenters. The summed E-state index contributed by atoms with van der Waals surface area (Å²) >= 11 is 0. The monoisotopic (exact) mass is 249 g/mol. The van der Waals surface area contributed by atoms with E-state index >= 15 is 0 Å². The predicted octanol–water partition coefficient (Wildman–Crippen LogP) is 4.45. The fourth-order valence-corrected chi connectivity index (χ4v) is 2.77. The maximum atomic E-state index is 13.0. The standard InChI is InChI=1S/C16H24FN/c1-3-4-5-16(18-15-10-12(2)11-15)13-6-8-14(17)9-7-13/h6-9,12,15-16,18H,3-5,10-11H2,1-2H3. The number of halogens is 1. The molecule has 0 aliphatic heterocycles. The molecular weight excluding hydrogens is 225 g/mol. The molecule has 1 N–H and O–H groups in total. The molecule has 0 amide bonds. The van der Waals surface area contributed by atoms with Crippen LogP contribution in [0.2, 0.25) is 0 Å². The van der Waals surface area contributed by atoms with E-state index in [0.29, 0.717) is 12.1 Å². The molecule has 1 aromatic carbocycles. The molecule has 0 radical (unpaired) electrons. The van der Waals surface area contributed by atoms with Gasteiger partial charge in [0.1, 0.15) is 5.82 Å². The van der Waals surface area contributed by atoms with Crippen molar-refractivity contribution >= 4 is 0 Å². The van der Waals surface area contributed by atoms with Crippen molar-refractivity contribution in [3.05, 3.63) is 35.6 Å². The van der Waals surface area contributed by atoms with Crippen LogP contribution in [0.1, 0.15) is 57.6 Å². The topological polar surface area (TPSA) is 12.0 Å². The summed E-state index contributed by atoms with van der Waals surface area (Å²) in [7, 11) is 0. The van der Waals surface area contributed by atoms with Crippen LogP contribution in [-0.2, 0) is 0 Å². The Labute approximate surface area is 110 Å². The van der Waals surface area contributed by atoms with Crippen molar-refractivity contribution in [2.45, 2.75) is 58.0 Å². The quantitative estimate of drug-likeness (QED) is 0.785. The van der Waals surface area contributed by atoms with Crippen LogP contribution in [0.25, 0.3) is 0 Å². The van der Waals surface area contributed by atoms with Crippen LogP contribution in [0, 0.1) is 11.7 Å². The third-order valence-corrected chi connectivity index (χ3v) is 3.93. The number of rotatable bonds is 6. The van der Waals surface area contributed by atoms with Gasteiger partial charge in [-0.05, 0) is 42.9 Å². The van der Waals surface area contributed by atoms with Crippen LogP contribution in [0.5, 0.6) is 0 Å². The number of benzene rings is 1. The van der Waals surface area contributed by atoms with Crippen LogP contribution in [0.4, 0.5) is 4.39 Å². The predicted molar refractivity (Wildman–Crippen MR) is 74.0 cm³/mol. The molecule has 0 aromatic heterocycles. The Bertz CT molecular complexity index is 354. The Morgan fingerprint density at radius 2 is 1.94 bits per heavy atom. The van der Waals surface area contributed by atoms with Crippen molar-refractivity contribution in [2.75, 3.05) is 0 Å². The van der Waals surface area contributed by atoms with Crippen molar-refractivity contribution in [3.63, 3.8) is 0 Å². The minimum atomic E-state index is -0.148. The summed E-state index contributed by atoms with van der Waals surface area (Å²) in [5.74, 6) is 0.716. The molecule has 1 fully saturated rings. The zero-order chi connectivity index (χ0) is 13.0. The highest BCUT2D eigenvalue weighted by atomic mass is 19.1. The van der Waals surface area contributed by atoms with Crippen LogP contribution >= 0.6 is 0 Å². The molecule has 1 aliphatic carbocycles. The van der Waals surface area contributed by atoms with Crippen molar-refractivity contribution in [1.29, 1.82) is 0 Å². The van der Waals surface area contributed by atoms with Crippen molar-refractivity contribution in [3.8, 4) is 0 Å². The molecular formula is C16H24FN. The van der Waals surface area contributed by atoms with Crippen molar-refractivity contribution in [2.24, 2.45) is 5.92 Å². The second-order valence-corrected chi connectivity index (χ2v) is 5.69. The van der Waals surface area contributed by atoms with Crippen molar-refractivity contribution < 1.29 is 4.39 Å². The number of hydrogen-bond donors (Lipinski definition) is 1. The van der Waals surface area contributed by atoms with Crippen LogP contribution < -0.4 is 5.32 Å². The molecule has 1 aliphatic rings. The zero-order valence-electron chi connectivity index (χ0n) is 11.5. The molecule has 0 spiro atoms. The minimum Gasteiger partial charge on any atom is -0.307 e. The Morgan fingerprint density at radius 1 is 1.28 bits per heavy atom. The first-order valence-corrected chi connectivity index (χ1v) is 7.20. The molecule has 0 bridgehead atoms. The normalized spacial score (nSPS) is 24.6. The number of hydrogen-bond acceptors (Lipinski definition) is 1. The number of unbranched alkanes of at least 4 members (excludes halogenated alkanes) is 1. The van der Waals surface area contributed by atoms with E-state index in [1.54, 1.807) is 12.1 Å². The summed E-state index contributed by atoms with van der Waals surface area (Å²) < 4.78 is 13.0. The smallest absolute Gasteiger partial charge is 0.123 e. The Hall–Kier alpha value is -0.890. The molecule has 2 heteroatoms. The van der Waals surface area contributed by atoms with Crippen LogP contribution in [0.15, 0.2) is 24.3 Å². The fraction of sp³-hybridized carbons (Fsp3) is 0.625. The van der Waals surface area contributed by atoms with Crippen molar-refractivity contribution in [1.82, 2.24) is 5.32 Å². The summed E-state index contributed by atoms with van der Waals surface area (Å²) in [5.41, 5.74) is 1.23. The zero-order valence-corrected chi connectivity index (χ0v) is 11.5. The summed E-state index contributed by atoms with van der Waals surface area (Å²) in [6.07, 6.45) is 6.14. The first-order chi connectivity index (χ1) is 8.69. The van der Waals surface area contributed by atoms with E-state index in [2.05, 4.69) is 19.2 Å². The second kappa shape index (κ2) is 6.33. The summed E-state index contributed by atoms with van der Waals surface area (Å²) in [6.45, 7) is 4.52. The van der Waals surface area contributed by atoms with E-state index in [0.717, 1.165) is 12.3 Å². The van der Waals surface area contributed by atoms with Gasteiger partial charge in [0.15, 0.2) is 0 Å². The third-order valence-electron chi connectivity index (χ3n) is 3.93. The lowest BCUT2D eigenvalue weighted by atomic mass is 9.81. The molecule has 1 unspecified atom stereocenters. The molecule has 0 saturated heterocycles. The van der Waals surface area contributed by atoms with Gasteiger partial charge in [-0.3, -0.25) is 0 Å². The Kier molecular flexibility index (Phi) is 4.76. The second-order valence-electron chi connectivity index (χ2n) is 5.69.